The third-order valence-corrected chi connectivity index (χ3v) is 13.2. The number of nitrogens with one attached hydrogen (secondary N) is 5. The number of carbonyl (C=O) groups excluding carboxylic acids is 8. The highest BCUT2D eigenvalue weighted by Gasteiger charge is 2.55. The summed E-state index contributed by atoms with van der Waals surface area (Å²) in [4.78, 5) is 103. The number of benzene rings is 2. The summed E-state index contributed by atoms with van der Waals surface area (Å²) in [7, 11) is 0. The van der Waals surface area contributed by atoms with Gasteiger partial charge in [-0.2, -0.15) is 0 Å². The second-order valence-corrected chi connectivity index (χ2v) is 18.9. The molecule has 0 aromatic heterocycles. The van der Waals surface area contributed by atoms with Gasteiger partial charge < -0.3 is 50.6 Å². The summed E-state index contributed by atoms with van der Waals surface area (Å²) in [6.07, 6.45) is 4.86. The standard InChI is InChI=1S/2C18H23N3O4.C12H20N2O3/c2*1-13(20-17(24)25-12-14-6-3-2-4-7-14)15(22)21-11-5-8-18(21)9-10-19-16(18)23;1-11(2,3)17-10(16)14-8-4-5-12(14)6-7-13-9(12)15/h2*2-4,6-7,13H,5,8-12H2,1H3,(H,19,23)(H,20,24);4-8H2,1-3H3,(H,13,15)/t2*13-,18?;/m00./s1. The molecule has 0 radical (unpaired) electrons. The Kier molecular flexibility index (Phi) is 16.0. The summed E-state index contributed by atoms with van der Waals surface area (Å²) in [6.45, 7) is 12.5. The van der Waals surface area contributed by atoms with Gasteiger partial charge in [0.05, 0.1) is 0 Å². The molecule has 364 valence electrons. The van der Waals surface area contributed by atoms with E-state index >= 15 is 0 Å². The molecule has 8 rings (SSSR count). The maximum atomic E-state index is 12.7. The first kappa shape index (κ1) is 50.0. The van der Waals surface area contributed by atoms with Crippen molar-refractivity contribution in [2.24, 2.45) is 0 Å². The Morgan fingerprint density at radius 1 is 0.567 bits per heavy atom. The predicted molar refractivity (Wildman–Crippen MR) is 244 cm³/mol. The van der Waals surface area contributed by atoms with E-state index in [9.17, 15) is 38.4 Å². The van der Waals surface area contributed by atoms with Crippen molar-refractivity contribution in [2.45, 2.75) is 140 Å². The van der Waals surface area contributed by atoms with Gasteiger partial charge in [-0.15, -0.1) is 0 Å². The average molecular weight is 931 g/mol. The van der Waals surface area contributed by atoms with E-state index in [0.29, 0.717) is 71.4 Å². The van der Waals surface area contributed by atoms with E-state index in [1.807, 2.05) is 81.4 Å². The third kappa shape index (κ3) is 11.6. The number of hydrogen-bond donors (Lipinski definition) is 5. The lowest BCUT2D eigenvalue weighted by Crippen LogP contribution is -2.57. The van der Waals surface area contributed by atoms with Crippen molar-refractivity contribution >= 4 is 47.8 Å². The van der Waals surface area contributed by atoms with E-state index < -0.39 is 46.5 Å². The van der Waals surface area contributed by atoms with Gasteiger partial charge in [0.2, 0.25) is 29.5 Å². The summed E-state index contributed by atoms with van der Waals surface area (Å²) < 4.78 is 15.7. The van der Waals surface area contributed by atoms with Gasteiger partial charge in [-0.05, 0) is 104 Å². The smallest absolute Gasteiger partial charge is 0.411 e. The highest BCUT2D eigenvalue weighted by molar-refractivity contribution is 5.97. The topological polar surface area (TPSA) is 234 Å². The van der Waals surface area contributed by atoms with E-state index in [1.54, 1.807) is 28.5 Å². The SMILES string of the molecule is CC(C)(C)OC(=O)N1CCCC12CCNC2=O.C[C@H](NC(=O)OCc1ccccc1)C(=O)N1CCCC12CCNC2=O.C[C@H](NC(=O)OCc1ccccc1)C(=O)N1CCCC12CCNC2=O. The second-order valence-electron chi connectivity index (χ2n) is 18.9. The number of carbonyl (C=O) groups is 8. The number of ether oxygens (including phenoxy) is 3. The van der Waals surface area contributed by atoms with Crippen molar-refractivity contribution in [3.05, 3.63) is 71.8 Å². The van der Waals surface area contributed by atoms with Crippen molar-refractivity contribution in [2.75, 3.05) is 39.3 Å². The van der Waals surface area contributed by atoms with Crippen molar-refractivity contribution in [3.63, 3.8) is 0 Å². The van der Waals surface area contributed by atoms with Gasteiger partial charge in [-0.25, -0.2) is 14.4 Å². The average Bonchev–Trinajstić information content (AvgIpc) is 4.18. The molecule has 5 N–H and O–H groups in total. The van der Waals surface area contributed by atoms with Crippen LogP contribution in [0.1, 0.15) is 104 Å². The van der Waals surface area contributed by atoms with E-state index in [1.165, 1.54) is 0 Å². The van der Waals surface area contributed by atoms with Gasteiger partial charge in [-0.1, -0.05) is 60.7 Å². The molecule has 3 unspecified atom stereocenters. The minimum Gasteiger partial charge on any atom is -0.445 e. The van der Waals surface area contributed by atoms with E-state index in [4.69, 9.17) is 14.2 Å². The van der Waals surface area contributed by atoms with Gasteiger partial charge in [0.15, 0.2) is 0 Å². The van der Waals surface area contributed by atoms with Gasteiger partial charge in [0.1, 0.15) is 47.5 Å². The molecule has 6 saturated heterocycles. The Morgan fingerprint density at radius 2 is 0.910 bits per heavy atom. The van der Waals surface area contributed by atoms with Crippen LogP contribution in [0, 0.1) is 0 Å². The molecule has 0 saturated carbocycles. The molecule has 8 amide bonds. The Balaban J connectivity index is 0.000000169. The van der Waals surface area contributed by atoms with Gasteiger partial charge in [-0.3, -0.25) is 28.9 Å². The zero-order valence-corrected chi connectivity index (χ0v) is 39.3. The number of likely N-dealkylation sites (tertiary alicyclic amines) is 3. The van der Waals surface area contributed by atoms with Crippen LogP contribution in [0.4, 0.5) is 14.4 Å². The first-order chi connectivity index (χ1) is 31.9. The molecule has 3 spiro atoms. The quantitative estimate of drug-likeness (QED) is 0.240. The van der Waals surface area contributed by atoms with Crippen molar-refractivity contribution in [1.29, 1.82) is 0 Å². The van der Waals surface area contributed by atoms with Crippen LogP contribution in [0.3, 0.4) is 0 Å². The zero-order valence-electron chi connectivity index (χ0n) is 39.3. The summed E-state index contributed by atoms with van der Waals surface area (Å²) in [5.74, 6) is -0.687. The zero-order chi connectivity index (χ0) is 48.4. The van der Waals surface area contributed by atoms with E-state index in [2.05, 4.69) is 26.6 Å². The highest BCUT2D eigenvalue weighted by atomic mass is 16.6. The maximum absolute atomic E-state index is 12.7. The molecule has 6 aliphatic rings. The largest absolute Gasteiger partial charge is 0.445 e. The highest BCUT2D eigenvalue weighted by Crippen LogP contribution is 2.38. The number of nitrogens with zero attached hydrogens (tertiary/aromatic N) is 3. The fourth-order valence-corrected chi connectivity index (χ4v) is 9.81. The Morgan fingerprint density at radius 3 is 1.24 bits per heavy atom. The lowest BCUT2D eigenvalue weighted by atomic mass is 9.94. The third-order valence-electron chi connectivity index (χ3n) is 13.2. The fraction of sp³-hybridized carbons (Fsp3) is 0.583. The maximum Gasteiger partial charge on any atom is 0.411 e. The lowest BCUT2D eigenvalue weighted by molar-refractivity contribution is -0.144. The van der Waals surface area contributed by atoms with Crippen LogP contribution in [0.25, 0.3) is 0 Å². The number of rotatable bonds is 8. The minimum absolute atomic E-state index is 0.0270. The second kappa shape index (κ2) is 21.5. The molecule has 2 aromatic rings. The van der Waals surface area contributed by atoms with E-state index in [-0.39, 0.29) is 48.8 Å². The molecule has 67 heavy (non-hydrogen) atoms. The molecule has 6 aliphatic heterocycles. The van der Waals surface area contributed by atoms with Gasteiger partial charge in [0.25, 0.3) is 0 Å². The van der Waals surface area contributed by atoms with Crippen molar-refractivity contribution < 1.29 is 52.6 Å². The Labute approximate surface area is 391 Å². The molecule has 5 atom stereocenters. The summed E-state index contributed by atoms with van der Waals surface area (Å²) in [6, 6.07) is 17.2. The Bertz CT molecular complexity index is 2010. The summed E-state index contributed by atoms with van der Waals surface area (Å²) in [5, 5.41) is 13.6. The molecule has 0 aliphatic carbocycles. The normalized spacial score (nSPS) is 24.7. The minimum atomic E-state index is -0.744. The molecule has 19 nitrogen and oxygen atoms in total. The number of hydrogen-bond acceptors (Lipinski definition) is 11. The molecular formula is C48H66N8O11. The molecule has 19 heteroatoms. The molecular weight excluding hydrogens is 865 g/mol. The molecule has 6 heterocycles. The summed E-state index contributed by atoms with van der Waals surface area (Å²) in [5.41, 5.74) is -0.879. The molecule has 0 bridgehead atoms. The summed E-state index contributed by atoms with van der Waals surface area (Å²) >= 11 is 0. The Hall–Kier alpha value is -6.40. The first-order valence-electron chi connectivity index (χ1n) is 23.3. The van der Waals surface area contributed by atoms with Crippen molar-refractivity contribution in [3.8, 4) is 0 Å². The monoisotopic (exact) mass is 930 g/mol. The van der Waals surface area contributed by atoms with Crippen LogP contribution in [-0.4, -0.2) is 136 Å². The first-order valence-corrected chi connectivity index (χ1v) is 23.3. The van der Waals surface area contributed by atoms with Crippen LogP contribution in [0.5, 0.6) is 0 Å². The van der Waals surface area contributed by atoms with Crippen LogP contribution < -0.4 is 26.6 Å². The fourth-order valence-electron chi connectivity index (χ4n) is 9.81. The number of amides is 8. The van der Waals surface area contributed by atoms with Crippen LogP contribution >= 0.6 is 0 Å². The van der Waals surface area contributed by atoms with Crippen LogP contribution in [0.2, 0.25) is 0 Å². The van der Waals surface area contributed by atoms with Crippen LogP contribution in [0.15, 0.2) is 60.7 Å². The van der Waals surface area contributed by atoms with Gasteiger partial charge in [0, 0.05) is 39.3 Å². The van der Waals surface area contributed by atoms with Crippen molar-refractivity contribution in [1.82, 2.24) is 41.3 Å². The van der Waals surface area contributed by atoms with Gasteiger partial charge >= 0.3 is 18.3 Å². The molecule has 6 fully saturated rings. The molecule has 2 aromatic carbocycles. The van der Waals surface area contributed by atoms with E-state index in [0.717, 1.165) is 36.8 Å². The predicted octanol–water partition coefficient (Wildman–Crippen LogP) is 3.64. The van der Waals surface area contributed by atoms with Crippen LogP contribution in [-0.2, 0) is 51.4 Å². The number of alkyl carbamates (subject to hydrolysis) is 2. The lowest BCUT2D eigenvalue weighted by Gasteiger charge is -2.34.